The van der Waals surface area contributed by atoms with Crippen LogP contribution in [0.3, 0.4) is 0 Å². The first kappa shape index (κ1) is 13.3. The van der Waals surface area contributed by atoms with Crippen molar-refractivity contribution in [2.24, 2.45) is 5.73 Å². The Morgan fingerprint density at radius 1 is 1.50 bits per heavy atom. The Bertz CT molecular complexity index is 352. The number of nitriles is 1. The molecular formula is C8H8N3NaOS. The molecule has 0 aliphatic rings. The average Bonchev–Trinajstić information content (AvgIpc) is 2.15. The fourth-order valence-electron chi connectivity index (χ4n) is 0.707. The number of nitrogens with one attached hydrogen (secondary N) is 1. The van der Waals surface area contributed by atoms with Crippen LogP contribution in [0.25, 0.3) is 0 Å². The molecule has 0 bridgehead atoms. The zero-order valence-electron chi connectivity index (χ0n) is 8.65. The number of nitrogens with two attached hydrogens (primary N) is 1. The zero-order valence-corrected chi connectivity index (χ0v) is 10.5. The Morgan fingerprint density at radius 3 is 2.50 bits per heavy atom. The SMILES string of the molecule is N#Cc1ccc(SNC(N)=O)cc1.[H-].[Na+]. The minimum Gasteiger partial charge on any atom is -1.00 e. The molecule has 14 heavy (non-hydrogen) atoms. The van der Waals surface area contributed by atoms with Crippen LogP contribution in [0.15, 0.2) is 29.2 Å². The number of hydrogen-bond donors (Lipinski definition) is 2. The second-order valence-electron chi connectivity index (χ2n) is 2.20. The number of nitrogens with zero attached hydrogens (tertiary/aromatic N) is 1. The molecule has 4 nitrogen and oxygen atoms in total. The van der Waals surface area contributed by atoms with Gasteiger partial charge in [0.2, 0.25) is 0 Å². The summed E-state index contributed by atoms with van der Waals surface area (Å²) in [5.74, 6) is 0. The van der Waals surface area contributed by atoms with Gasteiger partial charge in [-0.15, -0.1) is 0 Å². The van der Waals surface area contributed by atoms with Gasteiger partial charge in [-0.2, -0.15) is 5.26 Å². The van der Waals surface area contributed by atoms with Crippen LogP contribution in [-0.2, 0) is 0 Å². The van der Waals surface area contributed by atoms with Crippen LogP contribution in [-0.4, -0.2) is 6.03 Å². The van der Waals surface area contributed by atoms with E-state index in [9.17, 15) is 4.79 Å². The maximum atomic E-state index is 10.3. The molecule has 0 unspecified atom stereocenters. The summed E-state index contributed by atoms with van der Waals surface area (Å²) < 4.78 is 2.37. The van der Waals surface area contributed by atoms with E-state index in [2.05, 4.69) is 4.72 Å². The van der Waals surface area contributed by atoms with Crippen LogP contribution in [0.2, 0.25) is 0 Å². The molecule has 1 rings (SSSR count). The van der Waals surface area contributed by atoms with Gasteiger partial charge in [-0.3, -0.25) is 4.72 Å². The molecule has 0 aromatic heterocycles. The van der Waals surface area contributed by atoms with Gasteiger partial charge in [0.25, 0.3) is 0 Å². The average molecular weight is 217 g/mol. The smallest absolute Gasteiger partial charge is 1.00 e. The summed E-state index contributed by atoms with van der Waals surface area (Å²) in [7, 11) is 0. The molecular weight excluding hydrogens is 209 g/mol. The van der Waals surface area contributed by atoms with Gasteiger partial charge in [0.15, 0.2) is 0 Å². The molecule has 0 atom stereocenters. The van der Waals surface area contributed by atoms with Gasteiger partial charge in [0.05, 0.1) is 11.6 Å². The van der Waals surface area contributed by atoms with Crippen molar-refractivity contribution in [1.29, 1.82) is 5.26 Å². The molecule has 0 spiro atoms. The number of rotatable bonds is 2. The van der Waals surface area contributed by atoms with E-state index >= 15 is 0 Å². The predicted molar refractivity (Wildman–Crippen MR) is 50.8 cm³/mol. The monoisotopic (exact) mass is 217 g/mol. The quantitative estimate of drug-likeness (QED) is 0.460. The maximum absolute atomic E-state index is 10.3. The van der Waals surface area contributed by atoms with Crippen molar-refractivity contribution in [2.75, 3.05) is 0 Å². The van der Waals surface area contributed by atoms with Gasteiger partial charge in [0.1, 0.15) is 0 Å². The van der Waals surface area contributed by atoms with E-state index in [0.29, 0.717) is 5.56 Å². The number of amides is 2. The molecule has 0 fully saturated rings. The summed E-state index contributed by atoms with van der Waals surface area (Å²) in [5.41, 5.74) is 5.46. The molecule has 68 valence electrons. The van der Waals surface area contributed by atoms with Gasteiger partial charge >= 0.3 is 35.6 Å². The summed E-state index contributed by atoms with van der Waals surface area (Å²) in [6, 6.07) is 8.22. The Balaban J connectivity index is 0. The summed E-state index contributed by atoms with van der Waals surface area (Å²) >= 11 is 1.11. The molecule has 3 N–H and O–H groups in total. The van der Waals surface area contributed by atoms with Gasteiger partial charge in [-0.05, 0) is 36.2 Å². The summed E-state index contributed by atoms with van der Waals surface area (Å²) in [5, 5.41) is 8.50. The van der Waals surface area contributed by atoms with Crippen LogP contribution in [0, 0.1) is 11.3 Å². The van der Waals surface area contributed by atoms with Crippen molar-refractivity contribution >= 4 is 18.0 Å². The zero-order chi connectivity index (χ0) is 9.68. The number of hydrogen-bond acceptors (Lipinski definition) is 3. The Labute approximate surface area is 110 Å². The standard InChI is InChI=1S/C8H7N3OS.Na.H/c9-5-6-1-3-7(4-2-6)13-11-8(10)12;;/h1-4H,(H3,10,11,12);;/q;+1;-1. The molecule has 0 heterocycles. The Hall–Kier alpha value is -0.670. The predicted octanol–water partition coefficient (Wildman–Crippen LogP) is -1.65. The van der Waals surface area contributed by atoms with E-state index in [0.717, 1.165) is 16.8 Å². The summed E-state index contributed by atoms with van der Waals surface area (Å²) in [6.45, 7) is 0. The van der Waals surface area contributed by atoms with E-state index in [1.807, 2.05) is 6.07 Å². The van der Waals surface area contributed by atoms with Crippen molar-refractivity contribution in [3.63, 3.8) is 0 Å². The second kappa shape index (κ2) is 6.74. The third-order valence-corrected chi connectivity index (χ3v) is 2.06. The number of benzene rings is 1. The summed E-state index contributed by atoms with van der Waals surface area (Å²) in [6.07, 6.45) is 0. The molecule has 1 aromatic rings. The van der Waals surface area contributed by atoms with Gasteiger partial charge in [-0.1, -0.05) is 0 Å². The first-order valence-corrected chi connectivity index (χ1v) is 4.26. The van der Waals surface area contributed by atoms with Gasteiger partial charge in [0, 0.05) is 4.90 Å². The minimum atomic E-state index is -0.589. The van der Waals surface area contributed by atoms with E-state index in [1.165, 1.54) is 0 Å². The largest absolute Gasteiger partial charge is 1.00 e. The molecule has 0 saturated heterocycles. The first-order valence-electron chi connectivity index (χ1n) is 3.45. The second-order valence-corrected chi connectivity index (χ2v) is 3.08. The fraction of sp³-hybridized carbons (Fsp3) is 0. The third kappa shape index (κ3) is 4.53. The molecule has 6 heteroatoms. The molecule has 1 aromatic carbocycles. The fourth-order valence-corrected chi connectivity index (χ4v) is 1.20. The minimum absolute atomic E-state index is 0. The number of carbonyl (C=O) groups is 1. The topological polar surface area (TPSA) is 78.9 Å². The van der Waals surface area contributed by atoms with Crippen molar-refractivity contribution in [3.05, 3.63) is 29.8 Å². The van der Waals surface area contributed by atoms with Crippen LogP contribution >= 0.6 is 11.9 Å². The van der Waals surface area contributed by atoms with Crippen LogP contribution in [0.4, 0.5) is 4.79 Å². The molecule has 2 amide bonds. The van der Waals surface area contributed by atoms with E-state index in [1.54, 1.807) is 24.3 Å². The number of urea groups is 1. The molecule has 0 saturated carbocycles. The Morgan fingerprint density at radius 2 is 2.07 bits per heavy atom. The van der Waals surface area contributed by atoms with E-state index in [-0.39, 0.29) is 31.0 Å². The van der Waals surface area contributed by atoms with Gasteiger partial charge in [-0.25, -0.2) is 4.79 Å². The van der Waals surface area contributed by atoms with Crippen LogP contribution < -0.4 is 40.0 Å². The molecule has 0 aliphatic heterocycles. The van der Waals surface area contributed by atoms with Gasteiger partial charge < -0.3 is 7.16 Å². The van der Waals surface area contributed by atoms with Crippen LogP contribution in [0.1, 0.15) is 6.99 Å². The maximum Gasteiger partial charge on any atom is 1.00 e. The van der Waals surface area contributed by atoms with Crippen molar-refractivity contribution in [3.8, 4) is 6.07 Å². The van der Waals surface area contributed by atoms with E-state index < -0.39 is 6.03 Å². The third-order valence-electron chi connectivity index (χ3n) is 1.25. The molecule has 0 radical (unpaired) electrons. The first-order chi connectivity index (χ1) is 6.22. The normalized spacial score (nSPS) is 8.21. The summed E-state index contributed by atoms with van der Waals surface area (Å²) in [4.78, 5) is 11.2. The molecule has 0 aliphatic carbocycles. The van der Waals surface area contributed by atoms with Crippen molar-refractivity contribution in [1.82, 2.24) is 4.72 Å². The van der Waals surface area contributed by atoms with E-state index in [4.69, 9.17) is 11.0 Å². The van der Waals surface area contributed by atoms with Crippen molar-refractivity contribution < 1.29 is 35.8 Å². The number of carbonyl (C=O) groups excluding carboxylic acids is 1. The van der Waals surface area contributed by atoms with Crippen LogP contribution in [0.5, 0.6) is 0 Å². The Kier molecular flexibility index (Phi) is 6.41. The van der Waals surface area contributed by atoms with Crippen molar-refractivity contribution in [2.45, 2.75) is 4.90 Å². The number of primary amides is 1.